The summed E-state index contributed by atoms with van der Waals surface area (Å²) in [6, 6.07) is 9.22. The van der Waals surface area contributed by atoms with Crippen LogP contribution in [0.25, 0.3) is 10.6 Å². The Balaban J connectivity index is 1.18. The van der Waals surface area contributed by atoms with Crippen molar-refractivity contribution in [3.8, 4) is 10.6 Å². The van der Waals surface area contributed by atoms with Gasteiger partial charge in [-0.25, -0.2) is 0 Å². The third-order valence-electron chi connectivity index (χ3n) is 5.89. The van der Waals surface area contributed by atoms with E-state index in [9.17, 15) is 9.59 Å². The number of pyridine rings is 1. The first kappa shape index (κ1) is 22.9. The Bertz CT molecular complexity index is 1180. The second-order valence-electron chi connectivity index (χ2n) is 8.39. The van der Waals surface area contributed by atoms with Crippen LogP contribution in [0, 0.1) is 0 Å². The van der Waals surface area contributed by atoms with Crippen LogP contribution in [0.15, 0.2) is 42.7 Å². The highest BCUT2D eigenvalue weighted by Crippen LogP contribution is 2.28. The maximum Gasteiger partial charge on any atom is 0.257 e. The molecule has 1 aliphatic carbocycles. The number of hydrogen-bond acceptors (Lipinski definition) is 8. The molecule has 9 nitrogen and oxygen atoms in total. The first-order valence-corrected chi connectivity index (χ1v) is 12.4. The summed E-state index contributed by atoms with van der Waals surface area (Å²) in [7, 11) is 0. The van der Waals surface area contributed by atoms with Gasteiger partial charge in [-0.3, -0.25) is 29.7 Å². The van der Waals surface area contributed by atoms with Crippen molar-refractivity contribution < 1.29 is 9.59 Å². The molecule has 0 bridgehead atoms. The van der Waals surface area contributed by atoms with E-state index in [1.807, 2.05) is 12.1 Å². The molecule has 2 aliphatic rings. The molecule has 2 N–H and O–H groups in total. The molecule has 11 heteroatoms. The number of nitrogens with one attached hydrogen (secondary N) is 2. The number of halogens is 1. The van der Waals surface area contributed by atoms with Crippen molar-refractivity contribution in [1.82, 2.24) is 25.0 Å². The summed E-state index contributed by atoms with van der Waals surface area (Å²) in [6.45, 7) is 4.06. The first-order valence-electron chi connectivity index (χ1n) is 11.2. The molecule has 3 heterocycles. The van der Waals surface area contributed by atoms with E-state index in [0.29, 0.717) is 33.0 Å². The lowest BCUT2D eigenvalue weighted by atomic mass is 10.2. The van der Waals surface area contributed by atoms with Gasteiger partial charge in [-0.15, -0.1) is 10.2 Å². The van der Waals surface area contributed by atoms with E-state index in [2.05, 4.69) is 35.6 Å². The quantitative estimate of drug-likeness (QED) is 0.516. The van der Waals surface area contributed by atoms with Gasteiger partial charge in [0.2, 0.25) is 11.0 Å². The number of amides is 2. The molecule has 1 aliphatic heterocycles. The summed E-state index contributed by atoms with van der Waals surface area (Å²) < 4.78 is 0. The number of aromatic nitrogens is 3. The molecule has 3 aromatic rings. The molecule has 0 atom stereocenters. The highest BCUT2D eigenvalue weighted by atomic mass is 35.5. The third kappa shape index (κ3) is 5.58. The van der Waals surface area contributed by atoms with Crippen LogP contribution in [0.1, 0.15) is 23.2 Å². The van der Waals surface area contributed by atoms with E-state index >= 15 is 0 Å². The van der Waals surface area contributed by atoms with Gasteiger partial charge in [0.25, 0.3) is 5.91 Å². The van der Waals surface area contributed by atoms with Gasteiger partial charge < -0.3 is 5.32 Å². The zero-order valence-electron chi connectivity index (χ0n) is 18.4. The second kappa shape index (κ2) is 10.1. The molecule has 2 amide bonds. The van der Waals surface area contributed by atoms with Crippen LogP contribution >= 0.6 is 22.9 Å². The molecule has 1 aromatic carbocycles. The fourth-order valence-corrected chi connectivity index (χ4v) is 4.82. The lowest BCUT2D eigenvalue weighted by molar-refractivity contribution is -0.117. The zero-order valence-corrected chi connectivity index (χ0v) is 20.0. The van der Waals surface area contributed by atoms with Gasteiger partial charge in [0.1, 0.15) is 0 Å². The summed E-state index contributed by atoms with van der Waals surface area (Å²) >= 11 is 7.54. The minimum Gasteiger partial charge on any atom is -0.324 e. The monoisotopic (exact) mass is 497 g/mol. The SMILES string of the molecule is O=C(CN1CCN(C2CC2)CC1)Nc1cc(C(=O)Nc2nnc(-c3cccnc3)s2)ccc1Cl. The van der Waals surface area contributed by atoms with Gasteiger partial charge in [-0.2, -0.15) is 0 Å². The van der Waals surface area contributed by atoms with Crippen LogP contribution in [0.5, 0.6) is 0 Å². The van der Waals surface area contributed by atoms with E-state index in [-0.39, 0.29) is 11.8 Å². The minimum absolute atomic E-state index is 0.149. The molecule has 0 spiro atoms. The predicted molar refractivity (Wildman–Crippen MR) is 132 cm³/mol. The first-order chi connectivity index (χ1) is 16.5. The molecular formula is C23H24ClN7O2S. The molecule has 0 unspecified atom stereocenters. The molecule has 0 radical (unpaired) electrons. The molecule has 34 heavy (non-hydrogen) atoms. The topological polar surface area (TPSA) is 103 Å². The van der Waals surface area contributed by atoms with E-state index in [1.54, 1.807) is 30.6 Å². The maximum absolute atomic E-state index is 12.8. The van der Waals surface area contributed by atoms with Crippen LogP contribution in [0.3, 0.4) is 0 Å². The Morgan fingerprint density at radius 1 is 1.09 bits per heavy atom. The number of nitrogens with zero attached hydrogens (tertiary/aromatic N) is 5. The van der Waals surface area contributed by atoms with E-state index in [1.165, 1.54) is 24.2 Å². The summed E-state index contributed by atoms with van der Waals surface area (Å²) in [5.41, 5.74) is 1.59. The number of carbonyl (C=O) groups excluding carboxylic acids is 2. The maximum atomic E-state index is 12.8. The average molecular weight is 498 g/mol. The summed E-state index contributed by atoms with van der Waals surface area (Å²) in [5, 5.41) is 15.1. The highest BCUT2D eigenvalue weighted by molar-refractivity contribution is 7.18. The Labute approximate surface area is 206 Å². The molecule has 1 saturated carbocycles. The van der Waals surface area contributed by atoms with Crippen molar-refractivity contribution >= 4 is 45.6 Å². The van der Waals surface area contributed by atoms with Gasteiger partial charge in [0.05, 0.1) is 17.3 Å². The predicted octanol–water partition coefficient (Wildman–Crippen LogP) is 3.22. The van der Waals surface area contributed by atoms with Crippen molar-refractivity contribution in [3.63, 3.8) is 0 Å². The standard InChI is InChI=1S/C23H24ClN7O2S/c24-18-6-3-15(21(33)27-23-29-28-22(34-23)16-2-1-7-25-13-16)12-19(18)26-20(32)14-30-8-10-31(11-9-30)17-4-5-17/h1-3,6-7,12-13,17H,4-5,8-11,14H2,(H,26,32)(H,27,29,33). The normalized spacial score (nSPS) is 16.9. The lowest BCUT2D eigenvalue weighted by Gasteiger charge is -2.34. The Morgan fingerprint density at radius 2 is 1.91 bits per heavy atom. The number of rotatable bonds is 7. The van der Waals surface area contributed by atoms with Crippen molar-refractivity contribution in [2.45, 2.75) is 18.9 Å². The molecule has 2 fully saturated rings. The Kier molecular flexibility index (Phi) is 6.82. The number of hydrogen-bond donors (Lipinski definition) is 2. The fraction of sp³-hybridized carbons (Fsp3) is 0.348. The molecular weight excluding hydrogens is 474 g/mol. The summed E-state index contributed by atoms with van der Waals surface area (Å²) in [6.07, 6.45) is 5.97. The van der Waals surface area contributed by atoms with Crippen LogP contribution in [-0.2, 0) is 4.79 Å². The number of benzene rings is 1. The minimum atomic E-state index is -0.364. The largest absolute Gasteiger partial charge is 0.324 e. The van der Waals surface area contributed by atoms with Crippen molar-refractivity contribution in [2.24, 2.45) is 0 Å². The summed E-state index contributed by atoms with van der Waals surface area (Å²) in [4.78, 5) is 34.1. The van der Waals surface area contributed by atoms with E-state index in [4.69, 9.17) is 11.6 Å². The Hall–Kier alpha value is -2.92. The average Bonchev–Trinajstić information content (AvgIpc) is 3.60. The molecule has 176 valence electrons. The summed E-state index contributed by atoms with van der Waals surface area (Å²) in [5.74, 6) is -0.512. The van der Waals surface area contributed by atoms with Crippen LogP contribution in [0.2, 0.25) is 5.02 Å². The van der Waals surface area contributed by atoms with Gasteiger partial charge in [0, 0.05) is 55.7 Å². The van der Waals surface area contributed by atoms with Gasteiger partial charge in [-0.1, -0.05) is 22.9 Å². The van der Waals surface area contributed by atoms with Crippen LogP contribution in [0.4, 0.5) is 10.8 Å². The molecule has 2 aromatic heterocycles. The van der Waals surface area contributed by atoms with Gasteiger partial charge in [-0.05, 0) is 43.2 Å². The fourth-order valence-electron chi connectivity index (χ4n) is 3.93. The lowest BCUT2D eigenvalue weighted by Crippen LogP contribution is -2.49. The number of carbonyl (C=O) groups is 2. The van der Waals surface area contributed by atoms with Crippen LogP contribution in [-0.4, -0.2) is 75.6 Å². The second-order valence-corrected chi connectivity index (χ2v) is 9.78. The smallest absolute Gasteiger partial charge is 0.257 e. The molecule has 5 rings (SSSR count). The van der Waals surface area contributed by atoms with Crippen molar-refractivity contribution in [3.05, 3.63) is 53.3 Å². The zero-order chi connectivity index (χ0) is 23.5. The van der Waals surface area contributed by atoms with E-state index < -0.39 is 0 Å². The number of anilines is 2. The highest BCUT2D eigenvalue weighted by Gasteiger charge is 2.31. The van der Waals surface area contributed by atoms with E-state index in [0.717, 1.165) is 37.8 Å². The molecule has 1 saturated heterocycles. The van der Waals surface area contributed by atoms with Crippen LogP contribution < -0.4 is 10.6 Å². The Morgan fingerprint density at radius 3 is 2.65 bits per heavy atom. The van der Waals surface area contributed by atoms with Gasteiger partial charge in [0.15, 0.2) is 5.01 Å². The van der Waals surface area contributed by atoms with Crippen molar-refractivity contribution in [2.75, 3.05) is 43.4 Å². The van der Waals surface area contributed by atoms with Gasteiger partial charge >= 0.3 is 0 Å². The third-order valence-corrected chi connectivity index (χ3v) is 7.11. The number of piperazine rings is 1. The van der Waals surface area contributed by atoms with Crippen molar-refractivity contribution in [1.29, 1.82) is 0 Å².